The molecule has 0 saturated heterocycles. The number of hydrogen-bond acceptors (Lipinski definition) is 5. The Morgan fingerprint density at radius 2 is 1.72 bits per heavy atom. The highest BCUT2D eigenvalue weighted by molar-refractivity contribution is 7.85. The van der Waals surface area contributed by atoms with Crippen molar-refractivity contribution in [1.29, 1.82) is 0 Å². The van der Waals surface area contributed by atoms with E-state index in [0.29, 0.717) is 40.6 Å². The number of carbonyl (C=O) groups excluding carboxylic acids is 1. The summed E-state index contributed by atoms with van der Waals surface area (Å²) in [6, 6.07) is 8.06. The van der Waals surface area contributed by atoms with E-state index in [0.717, 1.165) is 37.0 Å². The van der Waals surface area contributed by atoms with Gasteiger partial charge in [-0.3, -0.25) is 4.79 Å². The molecular weight excluding hydrogens is 510 g/mol. The second kappa shape index (κ2) is 11.1. The largest absolute Gasteiger partial charge is 0.748 e. The fourth-order valence-corrected chi connectivity index (χ4v) is 10.8. The minimum atomic E-state index is -4.48. The molecule has 4 aliphatic rings. The highest BCUT2D eigenvalue weighted by Gasteiger charge is 2.60. The van der Waals surface area contributed by atoms with Crippen molar-refractivity contribution in [2.75, 3.05) is 5.75 Å². The number of carbonyl (C=O) groups is 1. The van der Waals surface area contributed by atoms with Gasteiger partial charge >= 0.3 is 0 Å². The summed E-state index contributed by atoms with van der Waals surface area (Å²) in [5, 5.41) is 13.2. The SMILES string of the molecule is C[C@H](CCC(=O)N[C@H](CS(=O)(=O)[O-])c1ccccc1)[C@H]1CC[C@H]2[C@@H]3CC[C@@H]4C[C@H](O)CC[C@]4(C)[C@H]3CC[C@]12C. The Morgan fingerprint density at radius 1 is 1.03 bits per heavy atom. The second-order valence-electron chi connectivity index (χ2n) is 14.1. The maximum absolute atomic E-state index is 12.9. The van der Waals surface area contributed by atoms with Gasteiger partial charge in [-0.15, -0.1) is 0 Å². The molecule has 0 spiro atoms. The summed E-state index contributed by atoms with van der Waals surface area (Å²) in [6.07, 6.45) is 11.8. The van der Waals surface area contributed by atoms with Gasteiger partial charge in [0.2, 0.25) is 5.91 Å². The molecule has 6 nitrogen and oxygen atoms in total. The third-order valence-corrected chi connectivity index (χ3v) is 12.9. The molecule has 1 aromatic rings. The number of rotatable bonds is 8. The highest BCUT2D eigenvalue weighted by atomic mass is 32.2. The fourth-order valence-electron chi connectivity index (χ4n) is 10.1. The van der Waals surface area contributed by atoms with Gasteiger partial charge in [0.05, 0.1) is 28.0 Å². The van der Waals surface area contributed by atoms with Crippen LogP contribution in [0.5, 0.6) is 0 Å². The number of nitrogens with one attached hydrogen (secondary N) is 1. The van der Waals surface area contributed by atoms with Crippen LogP contribution in [0, 0.1) is 46.3 Å². The maximum atomic E-state index is 12.9. The third kappa shape index (κ3) is 5.83. The van der Waals surface area contributed by atoms with Crippen LogP contribution in [0.3, 0.4) is 0 Å². The van der Waals surface area contributed by atoms with Gasteiger partial charge in [-0.1, -0.05) is 51.1 Å². The van der Waals surface area contributed by atoms with Gasteiger partial charge in [0.25, 0.3) is 0 Å². The van der Waals surface area contributed by atoms with Crippen LogP contribution in [0.1, 0.15) is 103 Å². The van der Waals surface area contributed by atoms with Crippen molar-refractivity contribution in [3.8, 4) is 0 Å². The number of aliphatic hydroxyl groups excluding tert-OH is 1. The predicted molar refractivity (Wildman–Crippen MR) is 152 cm³/mol. The number of benzene rings is 1. The van der Waals surface area contributed by atoms with Crippen molar-refractivity contribution < 1.29 is 22.9 Å². The number of aliphatic hydroxyl groups is 1. The number of fused-ring (bicyclic) bond motifs is 5. The minimum absolute atomic E-state index is 0.102. The summed E-state index contributed by atoms with van der Waals surface area (Å²) in [7, 11) is -4.48. The molecule has 5 rings (SSSR count). The number of hydrogen-bond donors (Lipinski definition) is 2. The summed E-state index contributed by atoms with van der Waals surface area (Å²) in [4.78, 5) is 12.9. The molecule has 10 atom stereocenters. The van der Waals surface area contributed by atoms with E-state index in [4.69, 9.17) is 0 Å². The smallest absolute Gasteiger partial charge is 0.220 e. The molecule has 218 valence electrons. The Balaban J connectivity index is 1.20. The van der Waals surface area contributed by atoms with Crippen molar-refractivity contribution in [2.24, 2.45) is 46.3 Å². The molecule has 0 aliphatic heterocycles. The van der Waals surface area contributed by atoms with Gasteiger partial charge in [0.15, 0.2) is 0 Å². The van der Waals surface area contributed by atoms with Gasteiger partial charge in [-0.2, -0.15) is 0 Å². The zero-order valence-electron chi connectivity index (χ0n) is 24.0. The molecule has 1 aromatic carbocycles. The first-order valence-corrected chi connectivity index (χ1v) is 16.9. The molecular formula is C32H48NO5S-. The molecule has 1 amide bonds. The zero-order valence-corrected chi connectivity index (χ0v) is 24.8. The van der Waals surface area contributed by atoms with E-state index in [1.54, 1.807) is 24.3 Å². The van der Waals surface area contributed by atoms with Crippen molar-refractivity contribution in [1.82, 2.24) is 5.32 Å². The van der Waals surface area contributed by atoms with E-state index >= 15 is 0 Å². The van der Waals surface area contributed by atoms with E-state index in [-0.39, 0.29) is 12.0 Å². The molecule has 0 heterocycles. The standard InChI is InChI=1S/C32H49NO5S/c1-21(9-14-30(35)33-29(20-39(36,37)38)22-7-5-4-6-8-22)26-12-13-27-25-11-10-23-19-24(34)15-17-31(23,2)28(25)16-18-32(26,27)3/h4-8,21,23-29,34H,9-20H2,1-3H3,(H,33,35)(H,36,37,38)/p-1/t21-,23-,24-,25+,26-,27+,28+,29-,31+,32-/m1/s1. The topological polar surface area (TPSA) is 107 Å². The average molecular weight is 559 g/mol. The van der Waals surface area contributed by atoms with Crippen LogP contribution < -0.4 is 5.32 Å². The third-order valence-electron chi connectivity index (χ3n) is 12.1. The van der Waals surface area contributed by atoms with E-state index in [2.05, 4.69) is 26.1 Å². The van der Waals surface area contributed by atoms with Crippen molar-refractivity contribution in [3.05, 3.63) is 35.9 Å². The van der Waals surface area contributed by atoms with Crippen LogP contribution in [-0.2, 0) is 14.9 Å². The molecule has 0 unspecified atom stereocenters. The Bertz CT molecular complexity index is 1120. The minimum Gasteiger partial charge on any atom is -0.748 e. The Morgan fingerprint density at radius 3 is 2.44 bits per heavy atom. The Hall–Kier alpha value is -1.44. The molecule has 2 N–H and O–H groups in total. The summed E-state index contributed by atoms with van der Waals surface area (Å²) < 4.78 is 34.5. The quantitative estimate of drug-likeness (QED) is 0.391. The first-order valence-electron chi connectivity index (χ1n) is 15.4. The van der Waals surface area contributed by atoms with Crippen LogP contribution in [0.2, 0.25) is 0 Å². The lowest BCUT2D eigenvalue weighted by atomic mass is 9.44. The van der Waals surface area contributed by atoms with E-state index in [1.807, 2.05) is 6.07 Å². The summed E-state index contributed by atoms with van der Waals surface area (Å²) in [5.41, 5.74) is 1.34. The van der Waals surface area contributed by atoms with Crippen molar-refractivity contribution >= 4 is 16.0 Å². The molecule has 39 heavy (non-hydrogen) atoms. The first kappa shape index (κ1) is 29.1. The van der Waals surface area contributed by atoms with Crippen molar-refractivity contribution in [3.63, 3.8) is 0 Å². The second-order valence-corrected chi connectivity index (χ2v) is 15.5. The first-order chi connectivity index (χ1) is 18.4. The maximum Gasteiger partial charge on any atom is 0.220 e. The summed E-state index contributed by atoms with van der Waals surface area (Å²) in [6.45, 7) is 7.37. The normalized spacial score (nSPS) is 39.6. The molecule has 4 fully saturated rings. The van der Waals surface area contributed by atoms with Gasteiger partial charge in [-0.05, 0) is 116 Å². The lowest BCUT2D eigenvalue weighted by Gasteiger charge is -2.61. The molecule has 0 aromatic heterocycles. The molecule has 0 radical (unpaired) electrons. The van der Waals surface area contributed by atoms with Crippen LogP contribution in [0.25, 0.3) is 0 Å². The van der Waals surface area contributed by atoms with E-state index in [1.165, 1.54) is 44.9 Å². The van der Waals surface area contributed by atoms with E-state index < -0.39 is 21.9 Å². The molecule has 0 bridgehead atoms. The lowest BCUT2D eigenvalue weighted by Crippen LogP contribution is -2.54. The summed E-state index contributed by atoms with van der Waals surface area (Å²) in [5.74, 6) is 3.20. The van der Waals surface area contributed by atoms with Crippen molar-refractivity contribution in [2.45, 2.75) is 104 Å². The Labute approximate surface area is 235 Å². The zero-order chi connectivity index (χ0) is 28.0. The molecule has 4 aliphatic carbocycles. The average Bonchev–Trinajstić information content (AvgIpc) is 3.24. The Kier molecular flexibility index (Phi) is 8.27. The fraction of sp³-hybridized carbons (Fsp3) is 0.781. The van der Waals surface area contributed by atoms with Crippen LogP contribution in [-0.4, -0.2) is 35.8 Å². The van der Waals surface area contributed by atoms with Gasteiger partial charge in [-0.25, -0.2) is 8.42 Å². The van der Waals surface area contributed by atoms with Crippen LogP contribution in [0.15, 0.2) is 30.3 Å². The predicted octanol–water partition coefficient (Wildman–Crippen LogP) is 5.83. The monoisotopic (exact) mass is 558 g/mol. The van der Waals surface area contributed by atoms with Gasteiger partial charge in [0, 0.05) is 6.42 Å². The molecule has 7 heteroatoms. The lowest BCUT2D eigenvalue weighted by molar-refractivity contribution is -0.130. The highest BCUT2D eigenvalue weighted by Crippen LogP contribution is 2.68. The van der Waals surface area contributed by atoms with Gasteiger partial charge in [0.1, 0.15) is 0 Å². The van der Waals surface area contributed by atoms with E-state index in [9.17, 15) is 22.9 Å². The number of amides is 1. The summed E-state index contributed by atoms with van der Waals surface area (Å²) >= 11 is 0. The van der Waals surface area contributed by atoms with Crippen LogP contribution >= 0.6 is 0 Å². The molecule has 4 saturated carbocycles. The van der Waals surface area contributed by atoms with Crippen LogP contribution in [0.4, 0.5) is 0 Å². The van der Waals surface area contributed by atoms with Gasteiger partial charge < -0.3 is 15.0 Å².